The Morgan fingerprint density at radius 3 is 2.91 bits per heavy atom. The van der Waals surface area contributed by atoms with Crippen LogP contribution in [-0.4, -0.2) is 11.7 Å². The Kier molecular flexibility index (Phi) is 1.61. The third-order valence-corrected chi connectivity index (χ3v) is 3.10. The molecule has 11 heavy (non-hydrogen) atoms. The summed E-state index contributed by atoms with van der Waals surface area (Å²) >= 11 is 0. The summed E-state index contributed by atoms with van der Waals surface area (Å²) in [5, 5.41) is 8.95. The first kappa shape index (κ1) is 7.11. The molecule has 2 bridgehead atoms. The van der Waals surface area contributed by atoms with E-state index in [-0.39, 0.29) is 6.61 Å². The van der Waals surface area contributed by atoms with E-state index in [2.05, 4.69) is 18.7 Å². The van der Waals surface area contributed by atoms with E-state index in [1.807, 2.05) is 0 Å². The Bertz CT molecular complexity index is 205. The van der Waals surface area contributed by atoms with E-state index in [1.54, 1.807) is 0 Å². The molecule has 2 aliphatic rings. The Balaban J connectivity index is 2.15. The standard InChI is InChI=1S/C10H14O/c1-2-7-3-9-4-8(7)5-10(9)6-11/h2,5,7-9,11H,1,3-4,6H2. The minimum atomic E-state index is 0.269. The molecular formula is C10H14O. The summed E-state index contributed by atoms with van der Waals surface area (Å²) in [5.74, 6) is 2.06. The molecule has 1 saturated carbocycles. The first-order chi connectivity index (χ1) is 5.35. The van der Waals surface area contributed by atoms with Crippen LogP contribution in [-0.2, 0) is 0 Å². The third-order valence-electron chi connectivity index (χ3n) is 3.10. The van der Waals surface area contributed by atoms with Crippen molar-refractivity contribution >= 4 is 0 Å². The van der Waals surface area contributed by atoms with Crippen LogP contribution in [0.15, 0.2) is 24.3 Å². The van der Waals surface area contributed by atoms with Crippen LogP contribution in [0, 0.1) is 17.8 Å². The monoisotopic (exact) mass is 150 g/mol. The lowest BCUT2D eigenvalue weighted by Gasteiger charge is -2.16. The molecule has 2 aliphatic carbocycles. The molecule has 60 valence electrons. The molecule has 0 aliphatic heterocycles. The van der Waals surface area contributed by atoms with E-state index in [0.717, 1.165) is 0 Å². The average Bonchev–Trinajstić information content (AvgIpc) is 2.60. The molecule has 0 aromatic heterocycles. The van der Waals surface area contributed by atoms with Crippen LogP contribution >= 0.6 is 0 Å². The highest BCUT2D eigenvalue weighted by atomic mass is 16.3. The van der Waals surface area contributed by atoms with Gasteiger partial charge in [-0.25, -0.2) is 0 Å². The molecule has 0 aromatic rings. The number of aliphatic hydroxyl groups excluding tert-OH is 1. The van der Waals surface area contributed by atoms with Crippen molar-refractivity contribution in [1.29, 1.82) is 0 Å². The van der Waals surface area contributed by atoms with Gasteiger partial charge >= 0.3 is 0 Å². The highest BCUT2D eigenvalue weighted by Crippen LogP contribution is 2.47. The fourth-order valence-corrected chi connectivity index (χ4v) is 2.46. The molecule has 1 N–H and O–H groups in total. The van der Waals surface area contributed by atoms with Crippen LogP contribution in [0.1, 0.15) is 12.8 Å². The molecule has 1 heteroatoms. The lowest BCUT2D eigenvalue weighted by Crippen LogP contribution is -2.08. The summed E-state index contributed by atoms with van der Waals surface area (Å²) in [6.45, 7) is 4.09. The molecule has 3 atom stereocenters. The lowest BCUT2D eigenvalue weighted by atomic mass is 9.90. The van der Waals surface area contributed by atoms with Crippen LogP contribution in [0.25, 0.3) is 0 Å². The Morgan fingerprint density at radius 1 is 1.64 bits per heavy atom. The van der Waals surface area contributed by atoms with Crippen molar-refractivity contribution in [2.45, 2.75) is 12.8 Å². The molecule has 3 unspecified atom stereocenters. The first-order valence-electron chi connectivity index (χ1n) is 4.29. The van der Waals surface area contributed by atoms with Gasteiger partial charge in [0.1, 0.15) is 0 Å². The van der Waals surface area contributed by atoms with Gasteiger partial charge in [0, 0.05) is 0 Å². The number of hydrogen-bond acceptors (Lipinski definition) is 1. The molecule has 0 amide bonds. The molecule has 0 aromatic carbocycles. The van der Waals surface area contributed by atoms with Gasteiger partial charge in [0.25, 0.3) is 0 Å². The zero-order chi connectivity index (χ0) is 7.84. The zero-order valence-electron chi connectivity index (χ0n) is 6.66. The highest BCUT2D eigenvalue weighted by molar-refractivity contribution is 5.23. The van der Waals surface area contributed by atoms with Gasteiger partial charge in [0.15, 0.2) is 0 Å². The van der Waals surface area contributed by atoms with Crippen LogP contribution in [0.5, 0.6) is 0 Å². The lowest BCUT2D eigenvalue weighted by molar-refractivity contribution is 0.313. The minimum absolute atomic E-state index is 0.269. The summed E-state index contributed by atoms with van der Waals surface area (Å²) in [6.07, 6.45) is 6.79. The predicted molar refractivity (Wildman–Crippen MR) is 45.1 cm³/mol. The first-order valence-corrected chi connectivity index (χ1v) is 4.29. The summed E-state index contributed by atoms with van der Waals surface area (Å²) in [5.41, 5.74) is 1.27. The maximum Gasteiger partial charge on any atom is 0.0644 e. The fourth-order valence-electron chi connectivity index (χ4n) is 2.46. The summed E-state index contributed by atoms with van der Waals surface area (Å²) in [6, 6.07) is 0. The quantitative estimate of drug-likeness (QED) is 0.594. The van der Waals surface area contributed by atoms with Crippen molar-refractivity contribution in [3.63, 3.8) is 0 Å². The SMILES string of the molecule is C=CC1CC2CC1C=C2CO. The average molecular weight is 150 g/mol. The van der Waals surface area contributed by atoms with Crippen molar-refractivity contribution in [3.8, 4) is 0 Å². The second-order valence-electron chi connectivity index (χ2n) is 3.63. The maximum absolute atomic E-state index is 8.95. The maximum atomic E-state index is 8.95. The summed E-state index contributed by atoms with van der Waals surface area (Å²) in [4.78, 5) is 0. The van der Waals surface area contributed by atoms with Gasteiger partial charge in [-0.3, -0.25) is 0 Å². The number of fused-ring (bicyclic) bond motifs is 2. The van der Waals surface area contributed by atoms with E-state index >= 15 is 0 Å². The minimum Gasteiger partial charge on any atom is -0.392 e. The van der Waals surface area contributed by atoms with Gasteiger partial charge in [-0.2, -0.15) is 0 Å². The molecule has 2 rings (SSSR count). The number of allylic oxidation sites excluding steroid dienone is 2. The second kappa shape index (κ2) is 2.49. The van der Waals surface area contributed by atoms with Gasteiger partial charge in [0.05, 0.1) is 6.61 Å². The Hall–Kier alpha value is -0.560. The van der Waals surface area contributed by atoms with Gasteiger partial charge in [-0.1, -0.05) is 12.2 Å². The zero-order valence-corrected chi connectivity index (χ0v) is 6.66. The summed E-state index contributed by atoms with van der Waals surface area (Å²) in [7, 11) is 0. The molecule has 1 fully saturated rings. The van der Waals surface area contributed by atoms with Crippen molar-refractivity contribution < 1.29 is 5.11 Å². The van der Waals surface area contributed by atoms with Crippen molar-refractivity contribution in [3.05, 3.63) is 24.3 Å². The van der Waals surface area contributed by atoms with Gasteiger partial charge in [-0.05, 0) is 36.2 Å². The van der Waals surface area contributed by atoms with Gasteiger partial charge < -0.3 is 5.11 Å². The Labute approximate surface area is 67.4 Å². The van der Waals surface area contributed by atoms with Crippen molar-refractivity contribution in [2.24, 2.45) is 17.8 Å². The highest BCUT2D eigenvalue weighted by Gasteiger charge is 2.38. The molecule has 0 spiro atoms. The third kappa shape index (κ3) is 0.951. The second-order valence-corrected chi connectivity index (χ2v) is 3.63. The van der Waals surface area contributed by atoms with Crippen molar-refractivity contribution in [1.82, 2.24) is 0 Å². The van der Waals surface area contributed by atoms with Gasteiger partial charge in [0.2, 0.25) is 0 Å². The van der Waals surface area contributed by atoms with Crippen LogP contribution in [0.4, 0.5) is 0 Å². The van der Waals surface area contributed by atoms with Crippen LogP contribution in [0.2, 0.25) is 0 Å². The number of hydrogen-bond donors (Lipinski definition) is 1. The van der Waals surface area contributed by atoms with E-state index in [1.165, 1.54) is 18.4 Å². The molecule has 0 radical (unpaired) electrons. The largest absolute Gasteiger partial charge is 0.392 e. The van der Waals surface area contributed by atoms with E-state index < -0.39 is 0 Å². The smallest absolute Gasteiger partial charge is 0.0644 e. The normalized spacial score (nSPS) is 40.8. The Morgan fingerprint density at radius 2 is 2.45 bits per heavy atom. The fraction of sp³-hybridized carbons (Fsp3) is 0.600. The van der Waals surface area contributed by atoms with Crippen molar-refractivity contribution in [2.75, 3.05) is 6.61 Å². The van der Waals surface area contributed by atoms with E-state index in [9.17, 15) is 0 Å². The molecule has 0 heterocycles. The van der Waals surface area contributed by atoms with Crippen LogP contribution in [0.3, 0.4) is 0 Å². The van der Waals surface area contributed by atoms with E-state index in [4.69, 9.17) is 5.11 Å². The number of aliphatic hydroxyl groups is 1. The molecule has 1 nitrogen and oxygen atoms in total. The number of rotatable bonds is 2. The van der Waals surface area contributed by atoms with Crippen LogP contribution < -0.4 is 0 Å². The van der Waals surface area contributed by atoms with Gasteiger partial charge in [-0.15, -0.1) is 6.58 Å². The predicted octanol–water partition coefficient (Wildman–Crippen LogP) is 1.75. The van der Waals surface area contributed by atoms with E-state index in [0.29, 0.717) is 17.8 Å². The summed E-state index contributed by atoms with van der Waals surface area (Å²) < 4.78 is 0. The topological polar surface area (TPSA) is 20.2 Å². The molecular weight excluding hydrogens is 136 g/mol. The molecule has 0 saturated heterocycles.